The van der Waals surface area contributed by atoms with Crippen LogP contribution in [-0.2, 0) is 0 Å². The largest absolute Gasteiger partial charge is 0.347 e. The molecule has 3 N–H and O–H groups in total. The highest BCUT2D eigenvalue weighted by atomic mass is 14.9. The fourth-order valence-corrected chi connectivity index (χ4v) is 0.898. The van der Waals surface area contributed by atoms with Crippen LogP contribution in [0.1, 0.15) is 25.7 Å². The molecule has 1 unspecified atom stereocenters. The van der Waals surface area contributed by atoms with Crippen LogP contribution >= 0.6 is 0 Å². The Balaban J connectivity index is 2.71. The molecular formula is C8H13N3. The van der Waals surface area contributed by atoms with Crippen LogP contribution in [0.3, 0.4) is 0 Å². The van der Waals surface area contributed by atoms with Crippen LogP contribution in [0.2, 0.25) is 0 Å². The Morgan fingerprint density at radius 3 is 2.91 bits per heavy atom. The normalized spacial score (nSPS) is 12.6. The lowest BCUT2D eigenvalue weighted by atomic mass is 10.2. The summed E-state index contributed by atoms with van der Waals surface area (Å²) in [6, 6.07) is -0.102. The maximum atomic E-state index is 5.77. The Bertz CT molecular complexity index is 232. The molecule has 0 aliphatic rings. The van der Waals surface area contributed by atoms with Crippen molar-refractivity contribution in [3.8, 4) is 0 Å². The molecule has 0 saturated heterocycles. The van der Waals surface area contributed by atoms with Gasteiger partial charge < -0.3 is 10.7 Å². The fourth-order valence-electron chi connectivity index (χ4n) is 0.898. The third-order valence-electron chi connectivity index (χ3n) is 1.35. The van der Waals surface area contributed by atoms with Crippen LogP contribution in [0, 0.1) is 0 Å². The van der Waals surface area contributed by atoms with Gasteiger partial charge in [-0.1, -0.05) is 11.6 Å². The van der Waals surface area contributed by atoms with E-state index in [0.717, 1.165) is 5.82 Å². The predicted octanol–water partition coefficient (Wildman–Crippen LogP) is 1.38. The van der Waals surface area contributed by atoms with Crippen molar-refractivity contribution in [2.75, 3.05) is 0 Å². The van der Waals surface area contributed by atoms with Crippen molar-refractivity contribution in [3.63, 3.8) is 0 Å². The first-order valence-electron chi connectivity index (χ1n) is 3.60. The Morgan fingerprint density at radius 1 is 1.73 bits per heavy atom. The molecule has 1 aromatic rings. The average Bonchev–Trinajstić information content (AvgIpc) is 2.35. The monoisotopic (exact) mass is 151 g/mol. The molecule has 0 spiro atoms. The van der Waals surface area contributed by atoms with E-state index in [-0.39, 0.29) is 6.04 Å². The molecule has 0 aliphatic heterocycles. The standard InChI is InChI=1S/C8H13N3/c1-6(2)5-7(9)8-10-3-4-11-8/h3-5,7H,9H2,1-2H3,(H,10,11). The van der Waals surface area contributed by atoms with Crippen molar-refractivity contribution in [3.05, 3.63) is 29.9 Å². The lowest BCUT2D eigenvalue weighted by Gasteiger charge is -2.02. The molecule has 1 aromatic heterocycles. The highest BCUT2D eigenvalue weighted by Gasteiger charge is 2.02. The summed E-state index contributed by atoms with van der Waals surface area (Å²) in [4.78, 5) is 7.01. The van der Waals surface area contributed by atoms with Gasteiger partial charge in [-0.15, -0.1) is 0 Å². The molecule has 0 bridgehead atoms. The molecule has 60 valence electrons. The quantitative estimate of drug-likeness (QED) is 0.627. The second-order valence-corrected chi connectivity index (χ2v) is 2.74. The molecule has 11 heavy (non-hydrogen) atoms. The smallest absolute Gasteiger partial charge is 0.127 e. The first-order chi connectivity index (χ1) is 5.20. The van der Waals surface area contributed by atoms with Gasteiger partial charge in [0.05, 0.1) is 6.04 Å². The maximum absolute atomic E-state index is 5.77. The molecule has 0 amide bonds. The lowest BCUT2D eigenvalue weighted by Crippen LogP contribution is -2.09. The van der Waals surface area contributed by atoms with E-state index >= 15 is 0 Å². The van der Waals surface area contributed by atoms with Gasteiger partial charge in [0.2, 0.25) is 0 Å². The zero-order chi connectivity index (χ0) is 8.27. The molecule has 0 radical (unpaired) electrons. The van der Waals surface area contributed by atoms with Crippen LogP contribution in [0.4, 0.5) is 0 Å². The van der Waals surface area contributed by atoms with E-state index in [4.69, 9.17) is 5.73 Å². The molecule has 3 heteroatoms. The van der Waals surface area contributed by atoms with Crippen LogP contribution in [0.5, 0.6) is 0 Å². The van der Waals surface area contributed by atoms with Gasteiger partial charge in [0.25, 0.3) is 0 Å². The molecule has 1 atom stereocenters. The molecule has 0 aromatic carbocycles. The summed E-state index contributed by atoms with van der Waals surface area (Å²) in [5.74, 6) is 0.811. The van der Waals surface area contributed by atoms with Gasteiger partial charge in [-0.2, -0.15) is 0 Å². The minimum absolute atomic E-state index is 0.102. The van der Waals surface area contributed by atoms with E-state index in [2.05, 4.69) is 9.97 Å². The number of nitrogens with zero attached hydrogens (tertiary/aromatic N) is 1. The van der Waals surface area contributed by atoms with Gasteiger partial charge >= 0.3 is 0 Å². The van der Waals surface area contributed by atoms with E-state index in [0.29, 0.717) is 0 Å². The van der Waals surface area contributed by atoms with Gasteiger partial charge in [0, 0.05) is 12.4 Å². The minimum atomic E-state index is -0.102. The van der Waals surface area contributed by atoms with E-state index in [1.54, 1.807) is 12.4 Å². The molecule has 0 aliphatic carbocycles. The topological polar surface area (TPSA) is 54.7 Å². The van der Waals surface area contributed by atoms with Crippen molar-refractivity contribution < 1.29 is 0 Å². The average molecular weight is 151 g/mol. The molecule has 0 fully saturated rings. The molecule has 1 heterocycles. The van der Waals surface area contributed by atoms with Gasteiger partial charge in [0.1, 0.15) is 5.82 Å². The summed E-state index contributed by atoms with van der Waals surface area (Å²) in [5.41, 5.74) is 6.97. The van der Waals surface area contributed by atoms with Gasteiger partial charge in [-0.3, -0.25) is 0 Å². The number of hydrogen-bond donors (Lipinski definition) is 2. The second-order valence-electron chi connectivity index (χ2n) is 2.74. The van der Waals surface area contributed by atoms with Crippen LogP contribution in [0.25, 0.3) is 0 Å². The SMILES string of the molecule is CC(C)=CC(N)c1ncc[nH]1. The lowest BCUT2D eigenvalue weighted by molar-refractivity contribution is 0.823. The molecule has 1 rings (SSSR count). The zero-order valence-electron chi connectivity index (χ0n) is 6.83. The Labute approximate surface area is 66.3 Å². The summed E-state index contributed by atoms with van der Waals surface area (Å²) >= 11 is 0. The van der Waals surface area contributed by atoms with Crippen molar-refractivity contribution in [1.29, 1.82) is 0 Å². The number of aromatic amines is 1. The highest BCUT2D eigenvalue weighted by molar-refractivity contribution is 5.08. The number of hydrogen-bond acceptors (Lipinski definition) is 2. The van der Waals surface area contributed by atoms with E-state index in [9.17, 15) is 0 Å². The van der Waals surface area contributed by atoms with Gasteiger partial charge in [0.15, 0.2) is 0 Å². The number of nitrogens with two attached hydrogens (primary N) is 1. The van der Waals surface area contributed by atoms with Crippen LogP contribution in [0.15, 0.2) is 24.0 Å². The molecule has 0 saturated carbocycles. The number of allylic oxidation sites excluding steroid dienone is 1. The van der Waals surface area contributed by atoms with E-state index in [1.165, 1.54) is 5.57 Å². The van der Waals surface area contributed by atoms with Crippen molar-refractivity contribution in [2.24, 2.45) is 5.73 Å². The fraction of sp³-hybridized carbons (Fsp3) is 0.375. The van der Waals surface area contributed by atoms with Crippen molar-refractivity contribution in [1.82, 2.24) is 9.97 Å². The van der Waals surface area contributed by atoms with Gasteiger partial charge in [-0.25, -0.2) is 4.98 Å². The first kappa shape index (κ1) is 8.01. The molecular weight excluding hydrogens is 138 g/mol. The van der Waals surface area contributed by atoms with Crippen molar-refractivity contribution >= 4 is 0 Å². The third kappa shape index (κ3) is 2.20. The maximum Gasteiger partial charge on any atom is 0.127 e. The number of rotatable bonds is 2. The summed E-state index contributed by atoms with van der Waals surface area (Å²) in [7, 11) is 0. The number of aromatic nitrogens is 2. The van der Waals surface area contributed by atoms with E-state index in [1.807, 2.05) is 19.9 Å². The summed E-state index contributed by atoms with van der Waals surface area (Å²) in [6.07, 6.45) is 5.45. The third-order valence-corrected chi connectivity index (χ3v) is 1.35. The second kappa shape index (κ2) is 3.34. The Morgan fingerprint density at radius 2 is 2.45 bits per heavy atom. The number of nitrogens with one attached hydrogen (secondary N) is 1. The van der Waals surface area contributed by atoms with Gasteiger partial charge in [-0.05, 0) is 13.8 Å². The van der Waals surface area contributed by atoms with Crippen molar-refractivity contribution in [2.45, 2.75) is 19.9 Å². The number of H-pyrrole nitrogens is 1. The summed E-state index contributed by atoms with van der Waals surface area (Å²) in [6.45, 7) is 4.03. The van der Waals surface area contributed by atoms with E-state index < -0.39 is 0 Å². The number of imidazole rings is 1. The summed E-state index contributed by atoms with van der Waals surface area (Å²) < 4.78 is 0. The Hall–Kier alpha value is -1.09. The molecule has 3 nitrogen and oxygen atoms in total. The minimum Gasteiger partial charge on any atom is -0.347 e. The zero-order valence-corrected chi connectivity index (χ0v) is 6.83. The van der Waals surface area contributed by atoms with Crippen LogP contribution in [-0.4, -0.2) is 9.97 Å². The van der Waals surface area contributed by atoms with Crippen LogP contribution < -0.4 is 5.73 Å². The summed E-state index contributed by atoms with van der Waals surface area (Å²) in [5, 5.41) is 0. The highest BCUT2D eigenvalue weighted by Crippen LogP contribution is 2.06. The predicted molar refractivity (Wildman–Crippen MR) is 44.9 cm³/mol. The Kier molecular flexibility index (Phi) is 2.44. The first-order valence-corrected chi connectivity index (χ1v) is 3.60.